The number of ketones is 1. The van der Waals surface area contributed by atoms with Crippen LogP contribution in [0.5, 0.6) is 17.2 Å². The van der Waals surface area contributed by atoms with Gasteiger partial charge in [-0.15, -0.1) is 11.3 Å². The molecule has 2 heterocycles. The van der Waals surface area contributed by atoms with Crippen LogP contribution in [0.4, 0.5) is 15.2 Å². The van der Waals surface area contributed by atoms with Crippen LogP contribution in [0, 0.1) is 12.7 Å². The first-order valence-electron chi connectivity index (χ1n) is 11.4. The Labute approximate surface area is 231 Å². The highest BCUT2D eigenvalue weighted by molar-refractivity contribution is 7.94. The van der Waals surface area contributed by atoms with E-state index in [0.29, 0.717) is 10.6 Å². The highest BCUT2D eigenvalue weighted by atomic mass is 32.2. The van der Waals surface area contributed by atoms with Crippen molar-refractivity contribution in [2.24, 2.45) is 0 Å². The molecule has 0 fully saturated rings. The quantitative estimate of drug-likeness (QED) is 0.250. The SMILES string of the molecule is COc1cccc(F)c1Oc1ccc(NS(=O)(=O)c2sc(NC(C)=O)nc2C)cc1CC(=O)Cc1nccs1. The minimum atomic E-state index is -4.09. The van der Waals surface area contributed by atoms with Gasteiger partial charge >= 0.3 is 0 Å². The number of ether oxygens (including phenoxy) is 2. The van der Waals surface area contributed by atoms with Crippen LogP contribution in [-0.2, 0) is 32.5 Å². The number of Topliss-reactive ketones (excluding diaryl/α,β-unsaturated/α-hetero) is 1. The van der Waals surface area contributed by atoms with Gasteiger partial charge in [0.1, 0.15) is 11.5 Å². The topological polar surface area (TPSA) is 137 Å². The fourth-order valence-corrected chi connectivity index (χ4v) is 6.72. The Morgan fingerprint density at radius 1 is 1.13 bits per heavy atom. The van der Waals surface area contributed by atoms with Crippen LogP contribution >= 0.6 is 22.7 Å². The zero-order chi connectivity index (χ0) is 28.2. The van der Waals surface area contributed by atoms with E-state index in [1.165, 1.54) is 68.7 Å². The number of carbonyl (C=O) groups is 2. The maximum Gasteiger partial charge on any atom is 0.273 e. The molecule has 204 valence electrons. The number of halogens is 1. The zero-order valence-electron chi connectivity index (χ0n) is 21.0. The van der Waals surface area contributed by atoms with Gasteiger partial charge in [0.25, 0.3) is 10.0 Å². The number of nitrogens with one attached hydrogen (secondary N) is 2. The fraction of sp³-hybridized carbons (Fsp3) is 0.200. The molecule has 0 aliphatic heterocycles. The van der Waals surface area contributed by atoms with E-state index in [0.717, 1.165) is 11.3 Å². The largest absolute Gasteiger partial charge is 0.493 e. The Morgan fingerprint density at radius 3 is 2.62 bits per heavy atom. The Morgan fingerprint density at radius 2 is 1.92 bits per heavy atom. The zero-order valence-corrected chi connectivity index (χ0v) is 23.4. The van der Waals surface area contributed by atoms with Gasteiger partial charge in [-0.25, -0.2) is 22.8 Å². The van der Waals surface area contributed by atoms with E-state index >= 15 is 0 Å². The molecule has 4 aromatic rings. The molecular weight excluding hydrogens is 567 g/mol. The van der Waals surface area contributed by atoms with Crippen LogP contribution in [0.25, 0.3) is 0 Å². The molecule has 0 aliphatic carbocycles. The average Bonchev–Trinajstić information content (AvgIpc) is 3.50. The van der Waals surface area contributed by atoms with Gasteiger partial charge in [0.2, 0.25) is 11.7 Å². The first-order chi connectivity index (χ1) is 18.6. The van der Waals surface area contributed by atoms with E-state index in [1.807, 2.05) is 0 Å². The number of hydrogen-bond acceptors (Lipinski definition) is 10. The summed E-state index contributed by atoms with van der Waals surface area (Å²) < 4.78 is 54.3. The van der Waals surface area contributed by atoms with Gasteiger partial charge in [-0.1, -0.05) is 17.4 Å². The molecule has 0 unspecified atom stereocenters. The molecule has 4 rings (SSSR count). The van der Waals surface area contributed by atoms with Crippen LogP contribution in [0.1, 0.15) is 23.2 Å². The molecule has 2 N–H and O–H groups in total. The van der Waals surface area contributed by atoms with E-state index in [4.69, 9.17) is 9.47 Å². The predicted octanol–water partition coefficient (Wildman–Crippen LogP) is 4.96. The number of anilines is 2. The van der Waals surface area contributed by atoms with Crippen molar-refractivity contribution < 1.29 is 31.9 Å². The number of hydrogen-bond donors (Lipinski definition) is 2. The third-order valence-electron chi connectivity index (χ3n) is 5.18. The van der Waals surface area contributed by atoms with Crippen molar-refractivity contribution >= 4 is 55.2 Å². The highest BCUT2D eigenvalue weighted by Gasteiger charge is 2.24. The van der Waals surface area contributed by atoms with Crippen molar-refractivity contribution in [3.8, 4) is 17.2 Å². The third-order valence-corrected chi connectivity index (χ3v) is 9.02. The van der Waals surface area contributed by atoms with Crippen LogP contribution in [0.15, 0.2) is 52.2 Å². The van der Waals surface area contributed by atoms with Crippen molar-refractivity contribution in [2.75, 3.05) is 17.1 Å². The molecule has 14 heteroatoms. The first-order valence-corrected chi connectivity index (χ1v) is 14.5. The van der Waals surface area contributed by atoms with Crippen LogP contribution < -0.4 is 19.5 Å². The summed E-state index contributed by atoms with van der Waals surface area (Å²) in [5.41, 5.74) is 0.678. The molecule has 0 radical (unpaired) electrons. The number of sulfonamides is 1. The van der Waals surface area contributed by atoms with Crippen molar-refractivity contribution in [1.82, 2.24) is 9.97 Å². The first kappa shape index (κ1) is 28.1. The monoisotopic (exact) mass is 590 g/mol. The molecule has 0 spiro atoms. The standard InChI is InChI=1S/C25H23FN4O6S3/c1-14-24(38-25(28-14)29-15(2)31)39(33,34)30-17-7-8-20(36-23-19(26)5-4-6-21(23)35-3)16(11-17)12-18(32)13-22-27-9-10-37-22/h4-11,30H,12-13H2,1-3H3,(H,28,29,31). The maximum absolute atomic E-state index is 14.6. The molecule has 0 bridgehead atoms. The molecule has 0 atom stereocenters. The average molecular weight is 591 g/mol. The minimum absolute atomic E-state index is 0.0715. The molecule has 2 aromatic heterocycles. The normalized spacial score (nSPS) is 11.2. The van der Waals surface area contributed by atoms with Gasteiger partial charge in [-0.3, -0.25) is 14.3 Å². The lowest BCUT2D eigenvalue weighted by Crippen LogP contribution is -2.14. The van der Waals surface area contributed by atoms with Crippen LogP contribution in [-0.4, -0.2) is 37.2 Å². The number of benzene rings is 2. The number of nitrogens with zero attached hydrogens (tertiary/aromatic N) is 2. The molecule has 1 amide bonds. The second-order valence-electron chi connectivity index (χ2n) is 8.19. The summed E-state index contributed by atoms with van der Waals surface area (Å²) in [7, 11) is -2.72. The van der Waals surface area contributed by atoms with E-state index in [-0.39, 0.29) is 62.5 Å². The lowest BCUT2D eigenvalue weighted by atomic mass is 10.1. The number of aromatic nitrogens is 2. The Balaban J connectivity index is 1.66. The van der Waals surface area contributed by atoms with Gasteiger partial charge in [0.15, 0.2) is 20.9 Å². The Hall–Kier alpha value is -3.88. The van der Waals surface area contributed by atoms with E-state index in [9.17, 15) is 22.4 Å². The highest BCUT2D eigenvalue weighted by Crippen LogP contribution is 2.37. The van der Waals surface area contributed by atoms with Crippen molar-refractivity contribution in [3.63, 3.8) is 0 Å². The lowest BCUT2D eigenvalue weighted by molar-refractivity contribution is -0.118. The van der Waals surface area contributed by atoms with Crippen LogP contribution in [0.2, 0.25) is 0 Å². The number of rotatable bonds is 11. The lowest BCUT2D eigenvalue weighted by Gasteiger charge is -2.16. The minimum Gasteiger partial charge on any atom is -0.493 e. The molecule has 10 nitrogen and oxygen atoms in total. The van der Waals surface area contributed by atoms with Crippen molar-refractivity contribution in [2.45, 2.75) is 30.9 Å². The summed E-state index contributed by atoms with van der Waals surface area (Å²) in [5.74, 6) is -1.13. The number of carbonyl (C=O) groups excluding carboxylic acids is 2. The molecular formula is C25H23FN4O6S3. The second kappa shape index (κ2) is 11.9. The summed E-state index contributed by atoms with van der Waals surface area (Å²) in [6, 6.07) is 8.53. The van der Waals surface area contributed by atoms with Gasteiger partial charge in [-0.05, 0) is 37.3 Å². The van der Waals surface area contributed by atoms with Gasteiger partial charge in [-0.2, -0.15) is 0 Å². The smallest absolute Gasteiger partial charge is 0.273 e. The molecule has 39 heavy (non-hydrogen) atoms. The summed E-state index contributed by atoms with van der Waals surface area (Å²) in [4.78, 5) is 32.4. The van der Waals surface area contributed by atoms with E-state index in [1.54, 1.807) is 11.6 Å². The van der Waals surface area contributed by atoms with Gasteiger partial charge in [0.05, 0.1) is 24.2 Å². The van der Waals surface area contributed by atoms with E-state index < -0.39 is 15.8 Å². The van der Waals surface area contributed by atoms with E-state index in [2.05, 4.69) is 20.0 Å². The molecule has 2 aromatic carbocycles. The maximum atomic E-state index is 14.6. The summed E-state index contributed by atoms with van der Waals surface area (Å²) in [5, 5.41) is 5.01. The molecule has 0 aliphatic rings. The predicted molar refractivity (Wildman–Crippen MR) is 146 cm³/mol. The Kier molecular flexibility index (Phi) is 8.57. The van der Waals surface area contributed by atoms with Crippen molar-refractivity contribution in [1.29, 1.82) is 0 Å². The fourth-order valence-electron chi connectivity index (χ4n) is 3.56. The number of aryl methyl sites for hydroxylation is 1. The summed E-state index contributed by atoms with van der Waals surface area (Å²) in [6.07, 6.45) is 1.54. The van der Waals surface area contributed by atoms with Crippen LogP contribution in [0.3, 0.4) is 0 Å². The van der Waals surface area contributed by atoms with Crippen molar-refractivity contribution in [3.05, 3.63) is 70.1 Å². The van der Waals surface area contributed by atoms with Gasteiger partial charge in [0, 0.05) is 36.2 Å². The number of methoxy groups -OCH3 is 1. The second-order valence-corrected chi connectivity index (χ2v) is 12.0. The molecule has 0 saturated carbocycles. The molecule has 0 saturated heterocycles. The number of thiazole rings is 2. The summed E-state index contributed by atoms with van der Waals surface area (Å²) in [6.45, 7) is 2.80. The summed E-state index contributed by atoms with van der Waals surface area (Å²) >= 11 is 2.15. The van der Waals surface area contributed by atoms with Gasteiger partial charge < -0.3 is 14.8 Å². The Bertz CT molecular complexity index is 1620. The third kappa shape index (κ3) is 6.96. The number of amides is 1. The number of para-hydroxylation sites is 1.